The molecule has 0 aliphatic rings. The molecule has 2 heteroatoms. The molecule has 0 bridgehead atoms. The lowest BCUT2D eigenvalue weighted by atomic mass is 10.1. The number of aryl methyl sites for hydroxylation is 2. The van der Waals surface area contributed by atoms with Crippen molar-refractivity contribution in [2.45, 2.75) is 19.2 Å². The molecule has 0 atom stereocenters. The molecule has 0 amide bonds. The summed E-state index contributed by atoms with van der Waals surface area (Å²) in [6.07, 6.45) is 0. The van der Waals surface area contributed by atoms with Gasteiger partial charge in [0.25, 0.3) is 0 Å². The molecule has 0 aliphatic heterocycles. The van der Waals surface area contributed by atoms with Gasteiger partial charge in [0.15, 0.2) is 0 Å². The normalized spacial score (nSPS) is 10.8. The molecule has 0 fully saturated rings. The maximum Gasteiger partial charge on any atom is 0.0710 e. The third-order valence-corrected chi connectivity index (χ3v) is 3.01. The molecule has 0 saturated carbocycles. The Hall–Kier alpha value is -0.890. The number of fused-ring (bicyclic) bond motifs is 1. The summed E-state index contributed by atoms with van der Waals surface area (Å²) in [7, 11) is 0. The van der Waals surface area contributed by atoms with Crippen molar-refractivity contribution in [3.05, 3.63) is 41.1 Å². The van der Waals surface area contributed by atoms with E-state index in [1.54, 1.807) is 0 Å². The Morgan fingerprint density at radius 1 is 1.21 bits per heavy atom. The smallest absolute Gasteiger partial charge is 0.0710 e. The van der Waals surface area contributed by atoms with Crippen molar-refractivity contribution >= 4 is 26.8 Å². The molecule has 0 spiro atoms. The van der Waals surface area contributed by atoms with Crippen LogP contribution < -0.4 is 0 Å². The Kier molecular flexibility index (Phi) is 2.55. The number of aromatic nitrogens is 1. The minimum Gasteiger partial charge on any atom is -0.253 e. The van der Waals surface area contributed by atoms with E-state index in [-0.39, 0.29) is 0 Å². The fourth-order valence-electron chi connectivity index (χ4n) is 1.70. The molecule has 14 heavy (non-hydrogen) atoms. The summed E-state index contributed by atoms with van der Waals surface area (Å²) in [6, 6.07) is 8.55. The van der Waals surface area contributed by atoms with Crippen LogP contribution in [0.25, 0.3) is 10.9 Å². The van der Waals surface area contributed by atoms with Gasteiger partial charge in [0, 0.05) is 16.4 Å². The van der Waals surface area contributed by atoms with E-state index in [9.17, 15) is 0 Å². The van der Waals surface area contributed by atoms with Crippen LogP contribution >= 0.6 is 15.9 Å². The summed E-state index contributed by atoms with van der Waals surface area (Å²) in [5.74, 6) is 0. The maximum atomic E-state index is 4.52. The number of pyridine rings is 1. The number of benzene rings is 1. The quantitative estimate of drug-likeness (QED) is 0.702. The predicted molar refractivity (Wildman–Crippen MR) is 63.8 cm³/mol. The van der Waals surface area contributed by atoms with Crippen LogP contribution in [0.3, 0.4) is 0 Å². The predicted octanol–water partition coefficient (Wildman–Crippen LogP) is 3.75. The van der Waals surface area contributed by atoms with Crippen molar-refractivity contribution in [1.29, 1.82) is 0 Å². The lowest BCUT2D eigenvalue weighted by molar-refractivity contribution is 1.23. The van der Waals surface area contributed by atoms with Crippen molar-refractivity contribution in [2.24, 2.45) is 0 Å². The molecule has 1 nitrogen and oxygen atoms in total. The van der Waals surface area contributed by atoms with Crippen molar-refractivity contribution in [3.63, 3.8) is 0 Å². The Bertz CT molecular complexity index is 477. The topological polar surface area (TPSA) is 12.9 Å². The van der Waals surface area contributed by atoms with Gasteiger partial charge in [-0.1, -0.05) is 28.1 Å². The number of rotatable bonds is 1. The van der Waals surface area contributed by atoms with E-state index in [0.717, 1.165) is 16.5 Å². The van der Waals surface area contributed by atoms with Gasteiger partial charge in [-0.15, -0.1) is 0 Å². The van der Waals surface area contributed by atoms with E-state index in [1.807, 2.05) is 6.92 Å². The minimum absolute atomic E-state index is 0.887. The fourth-order valence-corrected chi connectivity index (χ4v) is 2.05. The highest BCUT2D eigenvalue weighted by atomic mass is 79.9. The second-order valence-corrected chi connectivity index (χ2v) is 4.13. The van der Waals surface area contributed by atoms with Crippen LogP contribution in [0.5, 0.6) is 0 Å². The van der Waals surface area contributed by atoms with Gasteiger partial charge in [-0.3, -0.25) is 4.98 Å². The summed E-state index contributed by atoms with van der Waals surface area (Å²) >= 11 is 3.45. The van der Waals surface area contributed by atoms with Gasteiger partial charge in [-0.2, -0.15) is 0 Å². The van der Waals surface area contributed by atoms with Gasteiger partial charge in [0.2, 0.25) is 0 Å². The summed E-state index contributed by atoms with van der Waals surface area (Å²) in [6.45, 7) is 4.16. The second-order valence-electron chi connectivity index (χ2n) is 3.57. The molecule has 2 aromatic rings. The fraction of sp³-hybridized carbons (Fsp3) is 0.250. The zero-order valence-corrected chi connectivity index (χ0v) is 9.93. The largest absolute Gasteiger partial charge is 0.253 e. The third kappa shape index (κ3) is 1.67. The van der Waals surface area contributed by atoms with Crippen molar-refractivity contribution in [3.8, 4) is 0 Å². The Labute approximate surface area is 92.3 Å². The average molecular weight is 250 g/mol. The molecule has 0 radical (unpaired) electrons. The van der Waals surface area contributed by atoms with E-state index in [0.29, 0.717) is 0 Å². The highest BCUT2D eigenvalue weighted by Gasteiger charge is 2.00. The highest BCUT2D eigenvalue weighted by Crippen LogP contribution is 2.20. The van der Waals surface area contributed by atoms with Crippen molar-refractivity contribution < 1.29 is 0 Å². The first kappa shape index (κ1) is 9.66. The van der Waals surface area contributed by atoms with Crippen LogP contribution in [0.1, 0.15) is 16.8 Å². The molecular formula is C12H12BrN. The number of halogens is 1. The van der Waals surface area contributed by atoms with Crippen molar-refractivity contribution in [1.82, 2.24) is 4.98 Å². The number of nitrogens with zero attached hydrogens (tertiary/aromatic N) is 1. The Balaban J connectivity index is 2.75. The molecular weight excluding hydrogens is 238 g/mol. The lowest BCUT2D eigenvalue weighted by Crippen LogP contribution is -1.88. The van der Waals surface area contributed by atoms with Crippen LogP contribution in [0, 0.1) is 13.8 Å². The summed E-state index contributed by atoms with van der Waals surface area (Å²) < 4.78 is 0. The van der Waals surface area contributed by atoms with E-state index in [1.165, 1.54) is 16.5 Å². The third-order valence-electron chi connectivity index (χ3n) is 2.36. The zero-order chi connectivity index (χ0) is 10.1. The first-order chi connectivity index (χ1) is 6.70. The van der Waals surface area contributed by atoms with Gasteiger partial charge in [0.1, 0.15) is 0 Å². The second kappa shape index (κ2) is 3.70. The van der Waals surface area contributed by atoms with Gasteiger partial charge in [0.05, 0.1) is 5.52 Å². The molecule has 0 saturated heterocycles. The average Bonchev–Trinajstić information content (AvgIpc) is 2.16. The van der Waals surface area contributed by atoms with Crippen LogP contribution in [0.2, 0.25) is 0 Å². The van der Waals surface area contributed by atoms with Crippen molar-refractivity contribution in [2.75, 3.05) is 0 Å². The molecule has 2 rings (SSSR count). The molecule has 0 N–H and O–H groups in total. The van der Waals surface area contributed by atoms with Crippen LogP contribution in [-0.2, 0) is 5.33 Å². The van der Waals surface area contributed by atoms with Crippen LogP contribution in [0.4, 0.5) is 0 Å². The summed E-state index contributed by atoms with van der Waals surface area (Å²) in [5.41, 5.74) is 4.75. The SMILES string of the molecule is Cc1cc(C)c2ccc(CBr)cc2n1. The van der Waals surface area contributed by atoms with Crippen LogP contribution in [0.15, 0.2) is 24.3 Å². The molecule has 1 aromatic heterocycles. The first-order valence-electron chi connectivity index (χ1n) is 4.63. The zero-order valence-electron chi connectivity index (χ0n) is 8.34. The Morgan fingerprint density at radius 3 is 2.71 bits per heavy atom. The Morgan fingerprint density at radius 2 is 2.00 bits per heavy atom. The summed E-state index contributed by atoms with van der Waals surface area (Å²) in [4.78, 5) is 4.52. The molecule has 1 heterocycles. The lowest BCUT2D eigenvalue weighted by Gasteiger charge is -2.04. The van der Waals surface area contributed by atoms with E-state index in [4.69, 9.17) is 0 Å². The van der Waals surface area contributed by atoms with Gasteiger partial charge >= 0.3 is 0 Å². The maximum absolute atomic E-state index is 4.52. The van der Waals surface area contributed by atoms with E-state index >= 15 is 0 Å². The van der Waals surface area contributed by atoms with Gasteiger partial charge in [-0.25, -0.2) is 0 Å². The van der Waals surface area contributed by atoms with Gasteiger partial charge < -0.3 is 0 Å². The molecule has 0 unspecified atom stereocenters. The molecule has 72 valence electrons. The molecule has 1 aromatic carbocycles. The molecule has 0 aliphatic carbocycles. The number of hydrogen-bond donors (Lipinski definition) is 0. The summed E-state index contributed by atoms with van der Waals surface area (Å²) in [5, 5.41) is 2.14. The van der Waals surface area contributed by atoms with E-state index < -0.39 is 0 Å². The minimum atomic E-state index is 0.887. The van der Waals surface area contributed by atoms with Gasteiger partial charge in [-0.05, 0) is 37.1 Å². The number of alkyl halides is 1. The monoisotopic (exact) mass is 249 g/mol. The number of hydrogen-bond acceptors (Lipinski definition) is 1. The highest BCUT2D eigenvalue weighted by molar-refractivity contribution is 9.08. The first-order valence-corrected chi connectivity index (χ1v) is 5.75. The van der Waals surface area contributed by atoms with E-state index in [2.05, 4.69) is 52.1 Å². The van der Waals surface area contributed by atoms with Crippen LogP contribution in [-0.4, -0.2) is 4.98 Å². The standard InChI is InChI=1S/C12H12BrN/c1-8-5-9(2)14-12-6-10(7-13)3-4-11(8)12/h3-6H,7H2,1-2H3.